The number of rotatable bonds is 7. The quantitative estimate of drug-likeness (QED) is 0.442. The van der Waals surface area contributed by atoms with E-state index in [0.717, 1.165) is 9.37 Å². The number of anilines is 2. The summed E-state index contributed by atoms with van der Waals surface area (Å²) in [7, 11) is 0. The maximum absolute atomic E-state index is 12.4. The minimum Gasteiger partial charge on any atom is -0.324 e. The van der Waals surface area contributed by atoms with Crippen LogP contribution in [0.5, 0.6) is 0 Å². The highest BCUT2D eigenvalue weighted by Gasteiger charge is 2.11. The summed E-state index contributed by atoms with van der Waals surface area (Å²) in [6.45, 7) is 0. The summed E-state index contributed by atoms with van der Waals surface area (Å²) in [5, 5.41) is 5.75. The number of benzene rings is 3. The molecule has 0 heterocycles. The highest BCUT2D eigenvalue weighted by atomic mass is 79.9. The van der Waals surface area contributed by atoms with Gasteiger partial charge in [-0.25, -0.2) is 0 Å². The van der Waals surface area contributed by atoms with Gasteiger partial charge in [-0.2, -0.15) is 0 Å². The smallest absolute Gasteiger partial charge is 0.255 e. The van der Waals surface area contributed by atoms with Crippen LogP contribution in [0, 0.1) is 0 Å². The first-order valence-electron chi connectivity index (χ1n) is 8.76. The number of para-hydroxylation sites is 2. The molecule has 142 valence electrons. The van der Waals surface area contributed by atoms with Crippen LogP contribution >= 0.6 is 27.7 Å². The minimum absolute atomic E-state index is 0.0963. The summed E-state index contributed by atoms with van der Waals surface area (Å²) < 4.78 is 1.02. The van der Waals surface area contributed by atoms with Crippen molar-refractivity contribution in [3.8, 4) is 0 Å². The summed E-state index contributed by atoms with van der Waals surface area (Å²) in [5.41, 5.74) is 1.72. The average Bonchev–Trinajstić information content (AvgIpc) is 2.71. The van der Waals surface area contributed by atoms with Crippen molar-refractivity contribution in [2.45, 2.75) is 11.3 Å². The van der Waals surface area contributed by atoms with E-state index >= 15 is 0 Å². The van der Waals surface area contributed by atoms with E-state index in [4.69, 9.17) is 0 Å². The molecule has 0 spiro atoms. The zero-order valence-electron chi connectivity index (χ0n) is 15.0. The third-order valence-electron chi connectivity index (χ3n) is 3.91. The molecule has 3 aromatic rings. The van der Waals surface area contributed by atoms with Crippen LogP contribution in [-0.4, -0.2) is 17.6 Å². The van der Waals surface area contributed by atoms with Crippen molar-refractivity contribution in [2.75, 3.05) is 16.4 Å². The van der Waals surface area contributed by atoms with Crippen molar-refractivity contribution in [3.05, 3.63) is 88.9 Å². The van der Waals surface area contributed by atoms with Gasteiger partial charge in [0.2, 0.25) is 5.91 Å². The summed E-state index contributed by atoms with van der Waals surface area (Å²) in [4.78, 5) is 25.8. The van der Waals surface area contributed by atoms with Crippen molar-refractivity contribution in [1.29, 1.82) is 0 Å². The number of hydrogen-bond acceptors (Lipinski definition) is 3. The molecule has 0 radical (unpaired) electrons. The molecule has 0 aromatic heterocycles. The predicted molar refractivity (Wildman–Crippen MR) is 119 cm³/mol. The number of carbonyl (C=O) groups is 2. The predicted octanol–water partition coefficient (Wildman–Crippen LogP) is 5.82. The lowest BCUT2D eigenvalue weighted by atomic mass is 10.2. The van der Waals surface area contributed by atoms with Crippen LogP contribution in [0.25, 0.3) is 0 Å². The third kappa shape index (κ3) is 5.71. The standard InChI is InChI=1S/C22H19BrN2O2S/c23-17-10-4-7-13-20(17)28-15-14-21(26)24-18-11-5-6-12-19(18)25-22(27)16-8-2-1-3-9-16/h1-13H,14-15H2,(H,24,26)(H,25,27). The molecular formula is C22H19BrN2O2S. The molecule has 0 saturated carbocycles. The van der Waals surface area contributed by atoms with Crippen LogP contribution in [0.4, 0.5) is 11.4 Å². The van der Waals surface area contributed by atoms with Gasteiger partial charge >= 0.3 is 0 Å². The van der Waals surface area contributed by atoms with E-state index in [1.165, 1.54) is 0 Å². The normalized spacial score (nSPS) is 10.3. The van der Waals surface area contributed by atoms with Gasteiger partial charge in [-0.05, 0) is 52.3 Å². The lowest BCUT2D eigenvalue weighted by Crippen LogP contribution is -2.16. The number of nitrogens with one attached hydrogen (secondary N) is 2. The van der Waals surface area contributed by atoms with E-state index in [1.54, 1.807) is 36.0 Å². The Balaban J connectivity index is 1.57. The molecule has 3 aromatic carbocycles. The second-order valence-corrected chi connectivity index (χ2v) is 7.93. The highest BCUT2D eigenvalue weighted by Crippen LogP contribution is 2.28. The molecule has 2 N–H and O–H groups in total. The average molecular weight is 455 g/mol. The Morgan fingerprint density at radius 1 is 0.786 bits per heavy atom. The van der Waals surface area contributed by atoms with E-state index in [2.05, 4.69) is 26.6 Å². The maximum atomic E-state index is 12.4. The molecule has 2 amide bonds. The fourth-order valence-corrected chi connectivity index (χ4v) is 4.03. The summed E-state index contributed by atoms with van der Waals surface area (Å²) in [6.07, 6.45) is 0.368. The number of carbonyl (C=O) groups excluding carboxylic acids is 2. The van der Waals surface area contributed by atoms with Crippen LogP contribution in [0.2, 0.25) is 0 Å². The zero-order chi connectivity index (χ0) is 19.8. The molecular weight excluding hydrogens is 436 g/mol. The molecule has 4 nitrogen and oxygen atoms in total. The van der Waals surface area contributed by atoms with E-state index in [1.807, 2.05) is 54.6 Å². The topological polar surface area (TPSA) is 58.2 Å². The maximum Gasteiger partial charge on any atom is 0.255 e. The molecule has 0 unspecified atom stereocenters. The number of hydrogen-bond donors (Lipinski definition) is 2. The first-order chi connectivity index (χ1) is 13.6. The van der Waals surface area contributed by atoms with E-state index in [-0.39, 0.29) is 11.8 Å². The Hall–Kier alpha value is -2.57. The molecule has 6 heteroatoms. The van der Waals surface area contributed by atoms with E-state index in [0.29, 0.717) is 29.1 Å². The van der Waals surface area contributed by atoms with Gasteiger partial charge < -0.3 is 10.6 Å². The Labute approximate surface area is 176 Å². The fraction of sp³-hybridized carbons (Fsp3) is 0.0909. The SMILES string of the molecule is O=C(CCSc1ccccc1Br)Nc1ccccc1NC(=O)c1ccccc1. The van der Waals surface area contributed by atoms with Gasteiger partial charge in [0.15, 0.2) is 0 Å². The van der Waals surface area contributed by atoms with Crippen LogP contribution in [0.15, 0.2) is 88.2 Å². The molecule has 0 bridgehead atoms. The lowest BCUT2D eigenvalue weighted by molar-refractivity contribution is -0.115. The van der Waals surface area contributed by atoms with Crippen LogP contribution in [-0.2, 0) is 4.79 Å². The summed E-state index contributed by atoms with van der Waals surface area (Å²) in [6, 6.07) is 24.1. The molecule has 0 fully saturated rings. The molecule has 0 aliphatic heterocycles. The Morgan fingerprint density at radius 3 is 2.11 bits per heavy atom. The van der Waals surface area contributed by atoms with E-state index in [9.17, 15) is 9.59 Å². The first-order valence-corrected chi connectivity index (χ1v) is 10.5. The monoisotopic (exact) mass is 454 g/mol. The summed E-state index contributed by atoms with van der Waals surface area (Å²) >= 11 is 5.13. The van der Waals surface area contributed by atoms with Crippen molar-refractivity contribution in [1.82, 2.24) is 0 Å². The van der Waals surface area contributed by atoms with Crippen molar-refractivity contribution in [3.63, 3.8) is 0 Å². The van der Waals surface area contributed by atoms with Crippen molar-refractivity contribution in [2.24, 2.45) is 0 Å². The van der Waals surface area contributed by atoms with Gasteiger partial charge in [-0.1, -0.05) is 42.5 Å². The van der Waals surface area contributed by atoms with Crippen LogP contribution in [0.3, 0.4) is 0 Å². The van der Waals surface area contributed by atoms with Crippen molar-refractivity contribution >= 4 is 50.9 Å². The van der Waals surface area contributed by atoms with Crippen molar-refractivity contribution < 1.29 is 9.59 Å². The van der Waals surface area contributed by atoms with Gasteiger partial charge in [0.1, 0.15) is 0 Å². The van der Waals surface area contributed by atoms with Gasteiger partial charge in [0.05, 0.1) is 11.4 Å². The Morgan fingerprint density at radius 2 is 1.39 bits per heavy atom. The fourth-order valence-electron chi connectivity index (χ4n) is 2.51. The number of amides is 2. The molecule has 0 saturated heterocycles. The second-order valence-electron chi connectivity index (χ2n) is 5.94. The number of halogens is 1. The van der Waals surface area contributed by atoms with E-state index < -0.39 is 0 Å². The van der Waals surface area contributed by atoms with Crippen LogP contribution in [0.1, 0.15) is 16.8 Å². The summed E-state index contributed by atoms with van der Waals surface area (Å²) in [5.74, 6) is 0.347. The largest absolute Gasteiger partial charge is 0.324 e. The van der Waals surface area contributed by atoms with Gasteiger partial charge in [-0.15, -0.1) is 11.8 Å². The number of thioether (sulfide) groups is 1. The zero-order valence-corrected chi connectivity index (χ0v) is 17.4. The Bertz CT molecular complexity index is 964. The molecule has 0 aliphatic carbocycles. The lowest BCUT2D eigenvalue weighted by Gasteiger charge is -2.12. The first kappa shape index (κ1) is 20.2. The van der Waals surface area contributed by atoms with Crippen LogP contribution < -0.4 is 10.6 Å². The highest BCUT2D eigenvalue weighted by molar-refractivity contribution is 9.10. The Kier molecular flexibility index (Phi) is 7.28. The van der Waals surface area contributed by atoms with Gasteiger partial charge in [-0.3, -0.25) is 9.59 Å². The van der Waals surface area contributed by atoms with Gasteiger partial charge in [0.25, 0.3) is 5.91 Å². The van der Waals surface area contributed by atoms with Gasteiger partial charge in [0, 0.05) is 27.1 Å². The second kappa shape index (κ2) is 10.1. The minimum atomic E-state index is -0.216. The molecule has 0 atom stereocenters. The molecule has 0 aliphatic rings. The molecule has 3 rings (SSSR count). The third-order valence-corrected chi connectivity index (χ3v) is 5.94. The molecule has 28 heavy (non-hydrogen) atoms.